The second-order valence-corrected chi connectivity index (χ2v) is 3.84. The van der Waals surface area contributed by atoms with Crippen LogP contribution in [-0.2, 0) is 9.59 Å². The molecule has 1 aromatic heterocycles. The van der Waals surface area contributed by atoms with Crippen LogP contribution < -0.4 is 10.1 Å². The maximum absolute atomic E-state index is 11.7. The first kappa shape index (κ1) is 11.4. The molecule has 90 valence electrons. The van der Waals surface area contributed by atoms with Crippen LogP contribution in [0.15, 0.2) is 18.3 Å². The summed E-state index contributed by atoms with van der Waals surface area (Å²) in [6.45, 7) is 0. The molecule has 1 fully saturated rings. The molecular weight excluding hydrogens is 224 g/mol. The van der Waals surface area contributed by atoms with Crippen molar-refractivity contribution in [1.29, 1.82) is 0 Å². The summed E-state index contributed by atoms with van der Waals surface area (Å²) in [6, 6.07) is 3.32. The predicted octanol–water partition coefficient (Wildman–Crippen LogP) is 0.749. The fraction of sp³-hybridized carbons (Fsp3) is 0.364. The number of carboxylic acid groups (broad SMARTS) is 1. The highest BCUT2D eigenvalue weighted by Gasteiger charge is 2.48. The maximum Gasteiger partial charge on any atom is 0.307 e. The van der Waals surface area contributed by atoms with Gasteiger partial charge in [0.2, 0.25) is 11.8 Å². The predicted molar refractivity (Wildman–Crippen MR) is 58.7 cm³/mol. The van der Waals surface area contributed by atoms with Crippen molar-refractivity contribution in [3.8, 4) is 5.88 Å². The molecule has 0 aliphatic heterocycles. The Kier molecular flexibility index (Phi) is 2.95. The summed E-state index contributed by atoms with van der Waals surface area (Å²) in [4.78, 5) is 26.3. The van der Waals surface area contributed by atoms with E-state index in [-0.39, 0.29) is 5.91 Å². The number of ether oxygens (including phenoxy) is 1. The summed E-state index contributed by atoms with van der Waals surface area (Å²) >= 11 is 0. The van der Waals surface area contributed by atoms with Crippen LogP contribution in [0.2, 0.25) is 0 Å². The van der Waals surface area contributed by atoms with Gasteiger partial charge in [-0.1, -0.05) is 0 Å². The highest BCUT2D eigenvalue weighted by atomic mass is 16.5. The molecule has 0 saturated heterocycles. The molecule has 6 heteroatoms. The largest absolute Gasteiger partial charge is 0.481 e. The number of aliphatic carboxylic acids is 1. The minimum absolute atomic E-state index is 0.302. The Balaban J connectivity index is 2.02. The molecule has 2 atom stereocenters. The van der Waals surface area contributed by atoms with Gasteiger partial charge in [-0.25, -0.2) is 4.98 Å². The van der Waals surface area contributed by atoms with Gasteiger partial charge in [0.1, 0.15) is 5.69 Å². The Morgan fingerprint density at radius 2 is 2.29 bits per heavy atom. The molecule has 0 spiro atoms. The van der Waals surface area contributed by atoms with Crippen LogP contribution in [0.4, 0.5) is 5.69 Å². The number of hydrogen-bond donors (Lipinski definition) is 2. The lowest BCUT2D eigenvalue weighted by Gasteiger charge is -2.07. The van der Waals surface area contributed by atoms with E-state index in [2.05, 4.69) is 10.3 Å². The zero-order valence-corrected chi connectivity index (χ0v) is 9.21. The van der Waals surface area contributed by atoms with Crippen LogP contribution in [-0.4, -0.2) is 29.1 Å². The number of carboxylic acids is 1. The molecule has 2 rings (SSSR count). The SMILES string of the molecule is COc1ncccc1NC(=O)C1CC1C(=O)O. The van der Waals surface area contributed by atoms with Crippen LogP contribution in [0.5, 0.6) is 5.88 Å². The molecule has 1 saturated carbocycles. The third kappa shape index (κ3) is 2.35. The van der Waals surface area contributed by atoms with E-state index in [0.29, 0.717) is 18.0 Å². The van der Waals surface area contributed by atoms with Crippen LogP contribution in [0.25, 0.3) is 0 Å². The van der Waals surface area contributed by atoms with Crippen molar-refractivity contribution in [2.24, 2.45) is 11.8 Å². The Morgan fingerprint density at radius 1 is 1.53 bits per heavy atom. The third-order valence-electron chi connectivity index (χ3n) is 2.67. The lowest BCUT2D eigenvalue weighted by molar-refractivity contribution is -0.139. The summed E-state index contributed by atoms with van der Waals surface area (Å²) < 4.78 is 4.98. The number of methoxy groups -OCH3 is 1. The van der Waals surface area contributed by atoms with Gasteiger partial charge in [0, 0.05) is 6.20 Å². The number of carbonyl (C=O) groups is 2. The smallest absolute Gasteiger partial charge is 0.307 e. The van der Waals surface area contributed by atoms with E-state index in [4.69, 9.17) is 9.84 Å². The van der Waals surface area contributed by atoms with E-state index < -0.39 is 17.8 Å². The van der Waals surface area contributed by atoms with Gasteiger partial charge in [0.15, 0.2) is 0 Å². The molecule has 0 aromatic carbocycles. The van der Waals surface area contributed by atoms with Gasteiger partial charge in [-0.2, -0.15) is 0 Å². The summed E-state index contributed by atoms with van der Waals surface area (Å²) in [6.07, 6.45) is 1.94. The first-order chi connectivity index (χ1) is 8.13. The van der Waals surface area contributed by atoms with Gasteiger partial charge in [0.05, 0.1) is 18.9 Å². The first-order valence-electron chi connectivity index (χ1n) is 5.16. The summed E-state index contributed by atoms with van der Waals surface area (Å²) in [5.74, 6) is -1.92. The van der Waals surface area contributed by atoms with Gasteiger partial charge < -0.3 is 15.2 Å². The molecule has 1 aliphatic carbocycles. The molecule has 2 N–H and O–H groups in total. The summed E-state index contributed by atoms with van der Waals surface area (Å²) in [7, 11) is 1.45. The molecule has 1 heterocycles. The first-order valence-corrected chi connectivity index (χ1v) is 5.16. The standard InChI is InChI=1S/C11H12N2O4/c1-17-10-8(3-2-4-12-10)13-9(14)6-5-7(6)11(15)16/h2-4,6-7H,5H2,1H3,(H,13,14)(H,15,16). The van der Waals surface area contributed by atoms with Gasteiger partial charge in [-0.05, 0) is 18.6 Å². The monoisotopic (exact) mass is 236 g/mol. The zero-order valence-electron chi connectivity index (χ0n) is 9.21. The van der Waals surface area contributed by atoms with E-state index in [0.717, 1.165) is 0 Å². The fourth-order valence-electron chi connectivity index (χ4n) is 1.63. The van der Waals surface area contributed by atoms with Crippen LogP contribution in [0.1, 0.15) is 6.42 Å². The van der Waals surface area contributed by atoms with Crippen LogP contribution in [0.3, 0.4) is 0 Å². The minimum atomic E-state index is -0.927. The number of amides is 1. The number of hydrogen-bond acceptors (Lipinski definition) is 4. The van der Waals surface area contributed by atoms with Crippen molar-refractivity contribution in [3.05, 3.63) is 18.3 Å². The number of rotatable bonds is 4. The van der Waals surface area contributed by atoms with E-state index in [1.165, 1.54) is 7.11 Å². The third-order valence-corrected chi connectivity index (χ3v) is 2.67. The molecular formula is C11H12N2O4. The lowest BCUT2D eigenvalue weighted by atomic mass is 10.3. The highest BCUT2D eigenvalue weighted by Crippen LogP contribution is 2.39. The fourth-order valence-corrected chi connectivity index (χ4v) is 1.63. The molecule has 1 aliphatic rings. The van der Waals surface area contributed by atoms with E-state index in [9.17, 15) is 9.59 Å². The quantitative estimate of drug-likeness (QED) is 0.805. The van der Waals surface area contributed by atoms with Gasteiger partial charge in [0.25, 0.3) is 0 Å². The van der Waals surface area contributed by atoms with Crippen molar-refractivity contribution < 1.29 is 19.4 Å². The van der Waals surface area contributed by atoms with Gasteiger partial charge in [-0.3, -0.25) is 9.59 Å². The molecule has 2 unspecified atom stereocenters. The lowest BCUT2D eigenvalue weighted by Crippen LogP contribution is -2.17. The van der Waals surface area contributed by atoms with E-state index in [1.54, 1.807) is 18.3 Å². The number of nitrogens with zero attached hydrogens (tertiary/aromatic N) is 1. The normalized spacial score (nSPS) is 21.7. The number of anilines is 1. The number of pyridine rings is 1. The average Bonchev–Trinajstić information content (AvgIpc) is 3.09. The Labute approximate surface area is 97.6 Å². The van der Waals surface area contributed by atoms with Crippen molar-refractivity contribution in [2.75, 3.05) is 12.4 Å². The number of nitrogens with one attached hydrogen (secondary N) is 1. The highest BCUT2D eigenvalue weighted by molar-refractivity contribution is 5.98. The molecule has 1 amide bonds. The molecule has 0 bridgehead atoms. The van der Waals surface area contributed by atoms with Gasteiger partial charge >= 0.3 is 5.97 Å². The molecule has 0 radical (unpaired) electrons. The Morgan fingerprint density at radius 3 is 2.88 bits per heavy atom. The van der Waals surface area contributed by atoms with Crippen LogP contribution >= 0.6 is 0 Å². The van der Waals surface area contributed by atoms with E-state index in [1.807, 2.05) is 0 Å². The summed E-state index contributed by atoms with van der Waals surface area (Å²) in [5.41, 5.74) is 0.455. The topological polar surface area (TPSA) is 88.5 Å². The van der Waals surface area contributed by atoms with Crippen molar-refractivity contribution in [2.45, 2.75) is 6.42 Å². The second-order valence-electron chi connectivity index (χ2n) is 3.84. The molecule has 1 aromatic rings. The van der Waals surface area contributed by atoms with Gasteiger partial charge in [-0.15, -0.1) is 0 Å². The van der Waals surface area contributed by atoms with Crippen molar-refractivity contribution in [1.82, 2.24) is 4.98 Å². The van der Waals surface area contributed by atoms with Crippen LogP contribution in [0, 0.1) is 11.8 Å². The van der Waals surface area contributed by atoms with Crippen molar-refractivity contribution in [3.63, 3.8) is 0 Å². The number of aromatic nitrogens is 1. The zero-order chi connectivity index (χ0) is 12.4. The Hall–Kier alpha value is -2.11. The average molecular weight is 236 g/mol. The molecule has 17 heavy (non-hydrogen) atoms. The second kappa shape index (κ2) is 4.40. The molecule has 6 nitrogen and oxygen atoms in total. The Bertz CT molecular complexity index is 461. The summed E-state index contributed by atoms with van der Waals surface area (Å²) in [5, 5.41) is 11.3. The van der Waals surface area contributed by atoms with E-state index >= 15 is 0 Å². The minimum Gasteiger partial charge on any atom is -0.481 e. The maximum atomic E-state index is 11.7. The number of carbonyl (C=O) groups excluding carboxylic acids is 1. The van der Waals surface area contributed by atoms with Crippen molar-refractivity contribution >= 4 is 17.6 Å².